The van der Waals surface area contributed by atoms with Crippen molar-refractivity contribution in [2.45, 2.75) is 18.9 Å². The fraction of sp³-hybridized carbons (Fsp3) is 0.348. The molecule has 1 heterocycles. The lowest BCUT2D eigenvalue weighted by Gasteiger charge is -2.37. The summed E-state index contributed by atoms with van der Waals surface area (Å²) in [6.07, 6.45) is 1.24. The van der Waals surface area contributed by atoms with E-state index in [0.29, 0.717) is 13.0 Å². The van der Waals surface area contributed by atoms with Gasteiger partial charge in [-0.15, -0.1) is 0 Å². The molecule has 3 rings (SSSR count). The van der Waals surface area contributed by atoms with E-state index >= 15 is 0 Å². The van der Waals surface area contributed by atoms with Crippen LogP contribution in [0.3, 0.4) is 0 Å². The first kappa shape index (κ1) is 20.1. The smallest absolute Gasteiger partial charge is 0.218 e. The molecule has 5 heteroatoms. The van der Waals surface area contributed by atoms with Gasteiger partial charge in [0.05, 0.1) is 6.04 Å². The van der Waals surface area contributed by atoms with Gasteiger partial charge in [-0.2, -0.15) is 0 Å². The topological polar surface area (TPSA) is 49.6 Å². The maximum atomic E-state index is 13.1. The van der Waals surface area contributed by atoms with E-state index in [1.54, 1.807) is 12.1 Å². The van der Waals surface area contributed by atoms with Crippen molar-refractivity contribution in [2.24, 2.45) is 5.73 Å². The van der Waals surface area contributed by atoms with E-state index in [0.717, 1.165) is 38.2 Å². The molecule has 2 N–H and O–H groups in total. The summed E-state index contributed by atoms with van der Waals surface area (Å²) in [7, 11) is 0. The molecule has 1 amide bonds. The number of primary amides is 1. The average Bonchev–Trinajstić information content (AvgIpc) is 2.72. The van der Waals surface area contributed by atoms with Crippen molar-refractivity contribution in [2.75, 3.05) is 32.7 Å². The van der Waals surface area contributed by atoms with Gasteiger partial charge in [0, 0.05) is 44.7 Å². The molecule has 0 bridgehead atoms. The minimum atomic E-state index is -0.255. The summed E-state index contributed by atoms with van der Waals surface area (Å²) in [5.41, 5.74) is 7.32. The molecule has 0 aliphatic carbocycles. The Morgan fingerprint density at radius 3 is 2.36 bits per heavy atom. The molecule has 1 fully saturated rings. The van der Waals surface area contributed by atoms with Crippen LogP contribution in [0.5, 0.6) is 0 Å². The predicted octanol–water partition coefficient (Wildman–Crippen LogP) is 2.28. The van der Waals surface area contributed by atoms with Crippen molar-refractivity contribution in [3.63, 3.8) is 0 Å². The fourth-order valence-electron chi connectivity index (χ4n) is 3.38. The molecule has 1 atom stereocenters. The number of carbonyl (C=O) groups excluding carboxylic acids is 1. The molecule has 146 valence electrons. The summed E-state index contributed by atoms with van der Waals surface area (Å²) in [6, 6.07) is 16.7. The maximum Gasteiger partial charge on any atom is 0.218 e. The highest BCUT2D eigenvalue weighted by atomic mass is 19.1. The van der Waals surface area contributed by atoms with E-state index in [1.807, 2.05) is 18.2 Å². The third-order valence-electron chi connectivity index (χ3n) is 5.02. The van der Waals surface area contributed by atoms with Gasteiger partial charge in [0.25, 0.3) is 0 Å². The van der Waals surface area contributed by atoms with E-state index in [9.17, 15) is 9.18 Å². The molecule has 4 nitrogen and oxygen atoms in total. The van der Waals surface area contributed by atoms with Crippen LogP contribution in [0, 0.1) is 17.7 Å². The van der Waals surface area contributed by atoms with Gasteiger partial charge in [0.1, 0.15) is 5.82 Å². The second kappa shape index (κ2) is 10.0. The second-order valence-electron chi connectivity index (χ2n) is 7.08. The number of rotatable bonds is 6. The predicted molar refractivity (Wildman–Crippen MR) is 109 cm³/mol. The Kier molecular flexibility index (Phi) is 7.18. The van der Waals surface area contributed by atoms with E-state index in [2.05, 4.69) is 33.8 Å². The van der Waals surface area contributed by atoms with Crippen LogP contribution in [-0.2, 0) is 11.2 Å². The van der Waals surface area contributed by atoms with Crippen molar-refractivity contribution in [3.8, 4) is 11.8 Å². The summed E-state index contributed by atoms with van der Waals surface area (Å²) >= 11 is 0. The van der Waals surface area contributed by atoms with Gasteiger partial charge in [-0.3, -0.25) is 9.69 Å². The molecule has 2 aromatic carbocycles. The lowest BCUT2D eigenvalue weighted by Crippen LogP contribution is -2.51. The van der Waals surface area contributed by atoms with E-state index in [-0.39, 0.29) is 17.8 Å². The van der Waals surface area contributed by atoms with Crippen LogP contribution >= 0.6 is 0 Å². The van der Waals surface area contributed by atoms with Crippen LogP contribution in [-0.4, -0.2) is 54.5 Å². The standard InChI is InChI=1S/C23H26FN3O/c24-21-9-6-19(7-10-21)8-11-22(18-20-4-2-1-3-5-20)27-16-14-26(15-17-27)13-12-23(25)28/h1-7,9-10,22H,12-18H2,(H2,25,28)/t22-/m0/s1. The molecule has 0 radical (unpaired) electrons. The van der Waals surface area contributed by atoms with E-state index in [4.69, 9.17) is 5.73 Å². The summed E-state index contributed by atoms with van der Waals surface area (Å²) < 4.78 is 13.1. The maximum absolute atomic E-state index is 13.1. The summed E-state index contributed by atoms with van der Waals surface area (Å²) in [4.78, 5) is 15.7. The number of hydrogen-bond acceptors (Lipinski definition) is 3. The van der Waals surface area contributed by atoms with E-state index in [1.165, 1.54) is 17.7 Å². The minimum absolute atomic E-state index is 0.0887. The molecular formula is C23H26FN3O. The quantitative estimate of drug-likeness (QED) is 0.784. The first-order chi connectivity index (χ1) is 13.6. The van der Waals surface area contributed by atoms with Crippen LogP contribution in [0.15, 0.2) is 54.6 Å². The molecule has 0 spiro atoms. The highest BCUT2D eigenvalue weighted by molar-refractivity contribution is 5.73. The average molecular weight is 379 g/mol. The largest absolute Gasteiger partial charge is 0.370 e. The Morgan fingerprint density at radius 2 is 1.71 bits per heavy atom. The number of benzene rings is 2. The SMILES string of the molecule is NC(=O)CCN1CCN([C@@H](C#Cc2ccc(F)cc2)Cc2ccccc2)CC1. The van der Waals surface area contributed by atoms with Crippen LogP contribution in [0.1, 0.15) is 17.5 Å². The summed E-state index contributed by atoms with van der Waals surface area (Å²) in [5, 5.41) is 0. The summed E-state index contributed by atoms with van der Waals surface area (Å²) in [5.74, 6) is 6.10. The molecule has 1 saturated heterocycles. The number of nitrogens with zero attached hydrogens (tertiary/aromatic N) is 2. The Labute approximate surface area is 166 Å². The van der Waals surface area contributed by atoms with Gasteiger partial charge in [-0.05, 0) is 36.2 Å². The van der Waals surface area contributed by atoms with E-state index < -0.39 is 0 Å². The first-order valence-corrected chi connectivity index (χ1v) is 9.66. The third kappa shape index (κ3) is 6.19. The molecule has 28 heavy (non-hydrogen) atoms. The molecule has 1 aliphatic rings. The number of carbonyl (C=O) groups is 1. The number of piperazine rings is 1. The second-order valence-corrected chi connectivity index (χ2v) is 7.08. The van der Waals surface area contributed by atoms with Crippen molar-refractivity contribution < 1.29 is 9.18 Å². The van der Waals surface area contributed by atoms with Crippen LogP contribution < -0.4 is 5.73 Å². The Hall–Kier alpha value is -2.68. The molecule has 0 aromatic heterocycles. The van der Waals surface area contributed by atoms with Crippen molar-refractivity contribution in [3.05, 3.63) is 71.5 Å². The Bertz CT molecular complexity index is 818. The number of amides is 1. The zero-order chi connectivity index (χ0) is 19.8. The fourth-order valence-corrected chi connectivity index (χ4v) is 3.38. The normalized spacial score (nSPS) is 16.2. The molecule has 2 aromatic rings. The minimum Gasteiger partial charge on any atom is -0.370 e. The van der Waals surface area contributed by atoms with Gasteiger partial charge in [0.2, 0.25) is 5.91 Å². The van der Waals surface area contributed by atoms with Crippen molar-refractivity contribution >= 4 is 5.91 Å². The number of halogens is 1. The molecule has 0 saturated carbocycles. The number of hydrogen-bond donors (Lipinski definition) is 1. The third-order valence-corrected chi connectivity index (χ3v) is 5.02. The first-order valence-electron chi connectivity index (χ1n) is 9.66. The van der Waals surface area contributed by atoms with Crippen LogP contribution in [0.2, 0.25) is 0 Å². The van der Waals surface area contributed by atoms with Crippen LogP contribution in [0.25, 0.3) is 0 Å². The summed E-state index contributed by atoms with van der Waals surface area (Å²) in [6.45, 7) is 4.31. The van der Waals surface area contributed by atoms with Gasteiger partial charge < -0.3 is 10.6 Å². The lowest BCUT2D eigenvalue weighted by atomic mass is 10.0. The highest BCUT2D eigenvalue weighted by Gasteiger charge is 2.23. The van der Waals surface area contributed by atoms with Gasteiger partial charge >= 0.3 is 0 Å². The van der Waals surface area contributed by atoms with Crippen molar-refractivity contribution in [1.29, 1.82) is 0 Å². The zero-order valence-corrected chi connectivity index (χ0v) is 16.0. The molecular weight excluding hydrogens is 353 g/mol. The Balaban J connectivity index is 1.68. The number of nitrogens with two attached hydrogens (primary N) is 1. The zero-order valence-electron chi connectivity index (χ0n) is 16.0. The Morgan fingerprint density at radius 1 is 1.04 bits per heavy atom. The van der Waals surface area contributed by atoms with Gasteiger partial charge in [-0.25, -0.2) is 4.39 Å². The van der Waals surface area contributed by atoms with Crippen LogP contribution in [0.4, 0.5) is 4.39 Å². The lowest BCUT2D eigenvalue weighted by molar-refractivity contribution is -0.118. The van der Waals surface area contributed by atoms with Gasteiger partial charge in [-0.1, -0.05) is 42.2 Å². The van der Waals surface area contributed by atoms with Gasteiger partial charge in [0.15, 0.2) is 0 Å². The highest BCUT2D eigenvalue weighted by Crippen LogP contribution is 2.13. The molecule has 1 aliphatic heterocycles. The van der Waals surface area contributed by atoms with Crippen molar-refractivity contribution in [1.82, 2.24) is 9.80 Å². The monoisotopic (exact) mass is 379 g/mol. The molecule has 0 unspecified atom stereocenters.